The molecule has 2 fully saturated rings. The normalized spacial score (nSPS) is 25.8. The molecule has 0 bridgehead atoms. The van der Waals surface area contributed by atoms with Crippen LogP contribution in [-0.2, 0) is 18.3 Å². The van der Waals surface area contributed by atoms with Crippen molar-refractivity contribution in [3.63, 3.8) is 0 Å². The lowest BCUT2D eigenvalue weighted by Gasteiger charge is -2.51. The Hall–Kier alpha value is -2.10. The van der Waals surface area contributed by atoms with E-state index < -0.39 is 0 Å². The Labute approximate surface area is 189 Å². The average molecular weight is 433 g/mol. The zero-order valence-corrected chi connectivity index (χ0v) is 18.9. The molecule has 2 aliphatic carbocycles. The van der Waals surface area contributed by atoms with Crippen LogP contribution in [0.3, 0.4) is 0 Å². The predicted molar refractivity (Wildman–Crippen MR) is 126 cm³/mol. The molecule has 2 heterocycles. The minimum absolute atomic E-state index is 0.134. The summed E-state index contributed by atoms with van der Waals surface area (Å²) in [6.07, 6.45) is 6.12. The lowest BCUT2D eigenvalue weighted by Crippen LogP contribution is -2.54. The first-order valence-electron chi connectivity index (χ1n) is 11.6. The van der Waals surface area contributed by atoms with Crippen molar-refractivity contribution in [2.24, 2.45) is 11.8 Å². The van der Waals surface area contributed by atoms with Crippen molar-refractivity contribution in [2.75, 3.05) is 26.7 Å². The third kappa shape index (κ3) is 3.52. The third-order valence-corrected chi connectivity index (χ3v) is 8.12. The van der Waals surface area contributed by atoms with Crippen molar-refractivity contribution in [1.82, 2.24) is 9.88 Å². The van der Waals surface area contributed by atoms with Gasteiger partial charge in [0.25, 0.3) is 0 Å². The number of methoxy groups -OCH3 is 1. The maximum Gasteiger partial charge on any atom is 0.119 e. The number of aromatic nitrogens is 1. The van der Waals surface area contributed by atoms with Gasteiger partial charge >= 0.3 is 0 Å². The zero-order chi connectivity index (χ0) is 21.0. The van der Waals surface area contributed by atoms with E-state index in [1.165, 1.54) is 55.7 Å². The van der Waals surface area contributed by atoms with Crippen LogP contribution in [0.1, 0.15) is 36.1 Å². The number of fused-ring (bicyclic) bond motifs is 3. The molecule has 4 heteroatoms. The molecule has 0 amide bonds. The van der Waals surface area contributed by atoms with Gasteiger partial charge in [-0.3, -0.25) is 4.98 Å². The van der Waals surface area contributed by atoms with E-state index in [4.69, 9.17) is 21.3 Å². The molecule has 1 saturated heterocycles. The molecule has 2 atom stereocenters. The van der Waals surface area contributed by atoms with Crippen molar-refractivity contribution in [2.45, 2.75) is 37.5 Å². The number of hydrogen-bond donors (Lipinski definition) is 0. The van der Waals surface area contributed by atoms with E-state index in [2.05, 4.69) is 41.3 Å². The highest BCUT2D eigenvalue weighted by molar-refractivity contribution is 6.31. The fourth-order valence-electron chi connectivity index (χ4n) is 6.00. The summed E-state index contributed by atoms with van der Waals surface area (Å²) in [6, 6.07) is 17.2. The summed E-state index contributed by atoms with van der Waals surface area (Å²) >= 11 is 6.27. The van der Waals surface area contributed by atoms with E-state index >= 15 is 0 Å². The fraction of sp³-hybridized carbons (Fsp3) is 0.444. The Bertz CT molecular complexity index is 1140. The Kier molecular flexibility index (Phi) is 4.73. The van der Waals surface area contributed by atoms with Crippen LogP contribution in [0.25, 0.3) is 10.9 Å². The van der Waals surface area contributed by atoms with Gasteiger partial charge in [0.1, 0.15) is 5.75 Å². The Balaban J connectivity index is 1.43. The largest absolute Gasteiger partial charge is 0.497 e. The summed E-state index contributed by atoms with van der Waals surface area (Å²) in [6.45, 7) is 3.65. The van der Waals surface area contributed by atoms with Gasteiger partial charge in [-0.15, -0.1) is 0 Å². The van der Waals surface area contributed by atoms with Crippen molar-refractivity contribution >= 4 is 22.5 Å². The number of likely N-dealkylation sites (tertiary alicyclic amines) is 1. The minimum Gasteiger partial charge on any atom is -0.497 e. The van der Waals surface area contributed by atoms with Gasteiger partial charge in [0.15, 0.2) is 0 Å². The SMILES string of the molecule is COc1cccc([C@@]23CCN(CC4CC4)C[C@@H]2Cc2cc4cc(Cl)ccc4nc2C3)c1. The van der Waals surface area contributed by atoms with E-state index in [-0.39, 0.29) is 5.41 Å². The van der Waals surface area contributed by atoms with Gasteiger partial charge in [-0.1, -0.05) is 23.7 Å². The molecule has 1 aliphatic heterocycles. The van der Waals surface area contributed by atoms with Gasteiger partial charge in [-0.25, -0.2) is 0 Å². The van der Waals surface area contributed by atoms with Crippen LogP contribution in [0.15, 0.2) is 48.5 Å². The summed E-state index contributed by atoms with van der Waals surface area (Å²) < 4.78 is 5.60. The molecule has 3 aromatic rings. The molecule has 0 N–H and O–H groups in total. The number of nitrogens with zero attached hydrogens (tertiary/aromatic N) is 2. The first-order valence-corrected chi connectivity index (χ1v) is 12.0. The fourth-order valence-corrected chi connectivity index (χ4v) is 6.18. The van der Waals surface area contributed by atoms with Crippen LogP contribution >= 0.6 is 11.6 Å². The second-order valence-electron chi connectivity index (χ2n) is 9.85. The predicted octanol–water partition coefficient (Wildman–Crippen LogP) is 5.67. The van der Waals surface area contributed by atoms with Crippen LogP contribution in [0.2, 0.25) is 5.02 Å². The molecule has 3 nitrogen and oxygen atoms in total. The third-order valence-electron chi connectivity index (χ3n) is 7.89. The van der Waals surface area contributed by atoms with Crippen LogP contribution in [0, 0.1) is 11.8 Å². The molecule has 160 valence electrons. The molecular weight excluding hydrogens is 404 g/mol. The molecule has 1 saturated carbocycles. The zero-order valence-electron chi connectivity index (χ0n) is 18.1. The van der Waals surface area contributed by atoms with Crippen molar-refractivity contribution < 1.29 is 4.74 Å². The molecule has 0 spiro atoms. The number of piperidine rings is 1. The summed E-state index contributed by atoms with van der Waals surface area (Å²) in [5, 5.41) is 1.94. The standard InChI is InChI=1S/C27H29ClN2O/c1-31-24-4-2-3-21(14-24)27-9-10-30(16-18-5-6-18)17-22(27)12-19-11-20-13-23(28)7-8-25(20)29-26(19)15-27/h2-4,7-8,11,13-14,18,22H,5-6,9-10,12,15-17H2,1H3/t22-,27-/m0/s1. The van der Waals surface area contributed by atoms with Crippen LogP contribution in [-0.4, -0.2) is 36.6 Å². The maximum absolute atomic E-state index is 6.27. The van der Waals surface area contributed by atoms with E-state index in [9.17, 15) is 0 Å². The second-order valence-corrected chi connectivity index (χ2v) is 10.3. The number of ether oxygens (including phenoxy) is 1. The van der Waals surface area contributed by atoms with Crippen molar-refractivity contribution in [3.8, 4) is 5.75 Å². The summed E-state index contributed by atoms with van der Waals surface area (Å²) in [7, 11) is 1.77. The van der Waals surface area contributed by atoms with Gasteiger partial charge in [-0.05, 0) is 91.6 Å². The first-order chi connectivity index (χ1) is 15.1. The molecular formula is C27H29ClN2O. The topological polar surface area (TPSA) is 25.4 Å². The van der Waals surface area contributed by atoms with Crippen LogP contribution in [0.4, 0.5) is 0 Å². The molecule has 1 aromatic heterocycles. The lowest BCUT2D eigenvalue weighted by molar-refractivity contribution is 0.0777. The van der Waals surface area contributed by atoms with E-state index in [0.29, 0.717) is 5.92 Å². The van der Waals surface area contributed by atoms with Gasteiger partial charge < -0.3 is 9.64 Å². The summed E-state index contributed by atoms with van der Waals surface area (Å²) in [5.74, 6) is 2.49. The minimum atomic E-state index is 0.134. The van der Waals surface area contributed by atoms with Gasteiger partial charge in [-0.2, -0.15) is 0 Å². The number of hydrogen-bond acceptors (Lipinski definition) is 3. The smallest absolute Gasteiger partial charge is 0.119 e. The number of benzene rings is 2. The highest BCUT2D eigenvalue weighted by atomic mass is 35.5. The van der Waals surface area contributed by atoms with Gasteiger partial charge in [0.05, 0.1) is 12.6 Å². The molecule has 31 heavy (non-hydrogen) atoms. The van der Waals surface area contributed by atoms with Crippen LogP contribution in [0.5, 0.6) is 5.75 Å². The van der Waals surface area contributed by atoms with Gasteiger partial charge in [0.2, 0.25) is 0 Å². The monoisotopic (exact) mass is 432 g/mol. The van der Waals surface area contributed by atoms with E-state index in [0.717, 1.165) is 40.4 Å². The molecule has 0 unspecified atom stereocenters. The average Bonchev–Trinajstić information content (AvgIpc) is 3.60. The molecule has 6 rings (SSSR count). The summed E-state index contributed by atoms with van der Waals surface area (Å²) in [4.78, 5) is 7.87. The Morgan fingerprint density at radius 1 is 1.16 bits per heavy atom. The number of halogens is 1. The number of rotatable bonds is 4. The molecule has 2 aromatic carbocycles. The van der Waals surface area contributed by atoms with E-state index in [1.807, 2.05) is 12.1 Å². The first kappa shape index (κ1) is 19.6. The quantitative estimate of drug-likeness (QED) is 0.531. The lowest BCUT2D eigenvalue weighted by atomic mass is 9.58. The molecule has 3 aliphatic rings. The Morgan fingerprint density at radius 3 is 2.90 bits per heavy atom. The summed E-state index contributed by atoms with van der Waals surface area (Å²) in [5.41, 5.74) is 5.28. The van der Waals surface area contributed by atoms with Crippen molar-refractivity contribution in [1.29, 1.82) is 0 Å². The van der Waals surface area contributed by atoms with Crippen molar-refractivity contribution in [3.05, 3.63) is 70.4 Å². The second kappa shape index (κ2) is 7.50. The van der Waals surface area contributed by atoms with Crippen LogP contribution < -0.4 is 4.74 Å². The highest BCUT2D eigenvalue weighted by Gasteiger charge is 2.48. The maximum atomic E-state index is 6.27. The highest BCUT2D eigenvalue weighted by Crippen LogP contribution is 2.49. The Morgan fingerprint density at radius 2 is 2.06 bits per heavy atom. The molecule has 0 radical (unpaired) electrons. The van der Waals surface area contributed by atoms with E-state index in [1.54, 1.807) is 7.11 Å². The number of pyridine rings is 1. The van der Waals surface area contributed by atoms with Gasteiger partial charge in [0, 0.05) is 41.0 Å².